The molecule has 0 bridgehead atoms. The van der Waals surface area contributed by atoms with Crippen molar-refractivity contribution in [3.63, 3.8) is 0 Å². The molecule has 3 aromatic rings. The van der Waals surface area contributed by atoms with Crippen LogP contribution in [0.15, 0.2) is 53.5 Å². The van der Waals surface area contributed by atoms with Crippen molar-refractivity contribution in [3.05, 3.63) is 76.1 Å². The summed E-state index contributed by atoms with van der Waals surface area (Å²) in [6, 6.07) is 10.2. The molecule has 28 heavy (non-hydrogen) atoms. The van der Waals surface area contributed by atoms with Crippen molar-refractivity contribution in [3.8, 4) is 11.3 Å². The number of benzene rings is 1. The highest BCUT2D eigenvalue weighted by Crippen LogP contribution is 2.19. The Morgan fingerprint density at radius 3 is 2.68 bits per heavy atom. The molecule has 0 spiro atoms. The number of hydrogen-bond acceptors (Lipinski definition) is 6. The molecule has 0 radical (unpaired) electrons. The van der Waals surface area contributed by atoms with Crippen LogP contribution in [0.4, 0.5) is 10.3 Å². The largest absolute Gasteiger partial charge is 0.483 e. The van der Waals surface area contributed by atoms with E-state index < -0.39 is 17.3 Å². The van der Waals surface area contributed by atoms with Crippen LogP contribution < -0.4 is 16.6 Å². The van der Waals surface area contributed by atoms with Gasteiger partial charge in [0.25, 0.3) is 17.9 Å². The second kappa shape index (κ2) is 9.57. The number of anilines is 1. The van der Waals surface area contributed by atoms with Gasteiger partial charge in [0.1, 0.15) is 5.82 Å². The first-order valence-electron chi connectivity index (χ1n) is 7.86. The van der Waals surface area contributed by atoms with E-state index in [1.165, 1.54) is 18.2 Å². The van der Waals surface area contributed by atoms with Crippen molar-refractivity contribution in [2.75, 3.05) is 5.73 Å². The van der Waals surface area contributed by atoms with Crippen molar-refractivity contribution in [1.82, 2.24) is 20.3 Å². The van der Waals surface area contributed by atoms with Gasteiger partial charge in [-0.3, -0.25) is 24.4 Å². The minimum absolute atomic E-state index is 0.0899. The predicted octanol–water partition coefficient (Wildman–Crippen LogP) is 1.18. The summed E-state index contributed by atoms with van der Waals surface area (Å²) in [6.07, 6.45) is 1.62. The standard InChI is InChI=1S/C17H14FN5O2.CH2O2/c18-12-6-10(14-8-15(24)23-17(19)22-14)5-11(7-12)16(25)21-9-13-3-1-2-4-20-13;2-1-3/h1-8H,9H2,(H,21,25)(H3,19,22,23,24);1H,(H,2,3). The minimum Gasteiger partial charge on any atom is -0.483 e. The summed E-state index contributed by atoms with van der Waals surface area (Å²) >= 11 is 0. The lowest BCUT2D eigenvalue weighted by molar-refractivity contribution is -0.122. The molecule has 0 unspecified atom stereocenters. The van der Waals surface area contributed by atoms with E-state index in [0.29, 0.717) is 5.69 Å². The maximum Gasteiger partial charge on any atom is 0.290 e. The lowest BCUT2D eigenvalue weighted by Gasteiger charge is -2.08. The number of carboxylic acid groups (broad SMARTS) is 1. The van der Waals surface area contributed by atoms with Crippen molar-refractivity contribution < 1.29 is 19.1 Å². The topological polar surface area (TPSA) is 151 Å². The van der Waals surface area contributed by atoms with Gasteiger partial charge in [0.05, 0.1) is 17.9 Å². The number of carbonyl (C=O) groups is 2. The highest BCUT2D eigenvalue weighted by molar-refractivity contribution is 5.95. The fourth-order valence-corrected chi connectivity index (χ4v) is 2.27. The number of aromatic nitrogens is 3. The van der Waals surface area contributed by atoms with Gasteiger partial charge in [0.2, 0.25) is 5.95 Å². The van der Waals surface area contributed by atoms with E-state index in [1.807, 2.05) is 0 Å². The number of pyridine rings is 1. The van der Waals surface area contributed by atoms with Crippen LogP contribution in [-0.2, 0) is 11.3 Å². The first kappa shape index (κ1) is 20.2. The Morgan fingerprint density at radius 1 is 1.29 bits per heavy atom. The molecular formula is C18H16FN5O4. The number of nitrogens with one attached hydrogen (secondary N) is 2. The van der Waals surface area contributed by atoms with E-state index in [4.69, 9.17) is 15.6 Å². The predicted molar refractivity (Wildman–Crippen MR) is 98.8 cm³/mol. The number of nitrogens with two attached hydrogens (primary N) is 1. The summed E-state index contributed by atoms with van der Waals surface area (Å²) < 4.78 is 13.9. The highest BCUT2D eigenvalue weighted by atomic mass is 19.1. The third-order valence-electron chi connectivity index (χ3n) is 3.37. The normalized spacial score (nSPS) is 9.75. The van der Waals surface area contributed by atoms with Crippen LogP contribution in [0.25, 0.3) is 11.3 Å². The van der Waals surface area contributed by atoms with E-state index in [-0.39, 0.29) is 35.8 Å². The van der Waals surface area contributed by atoms with Crippen molar-refractivity contribution >= 4 is 18.3 Å². The number of hydrogen-bond donors (Lipinski definition) is 4. The number of H-pyrrole nitrogens is 1. The van der Waals surface area contributed by atoms with Crippen LogP contribution in [0.2, 0.25) is 0 Å². The molecule has 0 saturated carbocycles. The number of carbonyl (C=O) groups excluding carboxylic acids is 1. The van der Waals surface area contributed by atoms with Crippen LogP contribution in [0.3, 0.4) is 0 Å². The summed E-state index contributed by atoms with van der Waals surface area (Å²) in [5.41, 5.74) is 6.27. The molecule has 0 aliphatic heterocycles. The van der Waals surface area contributed by atoms with Crippen LogP contribution in [0.5, 0.6) is 0 Å². The highest BCUT2D eigenvalue weighted by Gasteiger charge is 2.12. The Labute approximate surface area is 158 Å². The van der Waals surface area contributed by atoms with Crippen LogP contribution in [0, 0.1) is 5.82 Å². The van der Waals surface area contributed by atoms with Crippen LogP contribution in [-0.4, -0.2) is 32.4 Å². The second-order valence-electron chi connectivity index (χ2n) is 5.35. The van der Waals surface area contributed by atoms with Gasteiger partial charge < -0.3 is 16.2 Å². The second-order valence-corrected chi connectivity index (χ2v) is 5.35. The van der Waals surface area contributed by atoms with Gasteiger partial charge in [-0.1, -0.05) is 6.07 Å². The maximum absolute atomic E-state index is 13.9. The SMILES string of the molecule is Nc1nc(-c2cc(F)cc(C(=O)NCc3ccccn3)c2)cc(=O)[nH]1.O=CO. The summed E-state index contributed by atoms with van der Waals surface area (Å²) in [5, 5.41) is 9.55. The van der Waals surface area contributed by atoms with Gasteiger partial charge in [-0.05, 0) is 30.3 Å². The molecule has 144 valence electrons. The number of amides is 1. The molecule has 9 nitrogen and oxygen atoms in total. The quantitative estimate of drug-likeness (QED) is 0.492. The molecule has 10 heteroatoms. The average molecular weight is 385 g/mol. The Balaban J connectivity index is 0.000000878. The lowest BCUT2D eigenvalue weighted by atomic mass is 10.1. The molecule has 2 heterocycles. The first-order chi connectivity index (χ1) is 13.4. The molecule has 3 rings (SSSR count). The lowest BCUT2D eigenvalue weighted by Crippen LogP contribution is -2.23. The molecule has 0 atom stereocenters. The smallest absolute Gasteiger partial charge is 0.290 e. The van der Waals surface area contributed by atoms with Gasteiger partial charge in [-0.2, -0.15) is 0 Å². The summed E-state index contributed by atoms with van der Waals surface area (Å²) in [5.74, 6) is -1.18. The Morgan fingerprint density at radius 2 is 2.04 bits per heavy atom. The number of halogens is 1. The zero-order chi connectivity index (χ0) is 20.5. The van der Waals surface area contributed by atoms with Gasteiger partial charge in [0.15, 0.2) is 0 Å². The van der Waals surface area contributed by atoms with Gasteiger partial charge in [-0.15, -0.1) is 0 Å². The first-order valence-corrected chi connectivity index (χ1v) is 7.86. The zero-order valence-electron chi connectivity index (χ0n) is 14.4. The van der Waals surface area contributed by atoms with E-state index in [9.17, 15) is 14.0 Å². The van der Waals surface area contributed by atoms with Gasteiger partial charge in [0, 0.05) is 23.4 Å². The molecule has 0 aliphatic carbocycles. The fraction of sp³-hybridized carbons (Fsp3) is 0.0556. The van der Waals surface area contributed by atoms with E-state index in [2.05, 4.69) is 20.3 Å². The third-order valence-corrected chi connectivity index (χ3v) is 3.37. The Kier molecular flexibility index (Phi) is 6.92. The average Bonchev–Trinajstić information content (AvgIpc) is 2.66. The number of nitrogens with zero attached hydrogens (tertiary/aromatic N) is 2. The monoisotopic (exact) mass is 385 g/mol. The molecular weight excluding hydrogens is 369 g/mol. The molecule has 5 N–H and O–H groups in total. The van der Waals surface area contributed by atoms with Crippen molar-refractivity contribution in [2.24, 2.45) is 0 Å². The maximum atomic E-state index is 13.9. The van der Waals surface area contributed by atoms with Crippen LogP contribution in [0.1, 0.15) is 16.1 Å². The number of aromatic amines is 1. The molecule has 1 amide bonds. The zero-order valence-corrected chi connectivity index (χ0v) is 14.4. The summed E-state index contributed by atoms with van der Waals surface area (Å²) in [6.45, 7) is -0.0400. The van der Waals surface area contributed by atoms with Crippen LogP contribution >= 0.6 is 0 Å². The fourth-order valence-electron chi connectivity index (χ4n) is 2.27. The Bertz CT molecular complexity index is 1020. The molecule has 1 aromatic carbocycles. The molecule has 2 aromatic heterocycles. The molecule has 0 aliphatic rings. The summed E-state index contributed by atoms with van der Waals surface area (Å²) in [4.78, 5) is 42.5. The number of nitrogen functional groups attached to an aromatic ring is 1. The molecule has 0 saturated heterocycles. The van der Waals surface area contributed by atoms with Gasteiger partial charge in [-0.25, -0.2) is 9.37 Å². The molecule has 0 fully saturated rings. The van der Waals surface area contributed by atoms with Crippen molar-refractivity contribution in [2.45, 2.75) is 6.54 Å². The van der Waals surface area contributed by atoms with E-state index in [0.717, 1.165) is 6.07 Å². The van der Waals surface area contributed by atoms with Gasteiger partial charge >= 0.3 is 0 Å². The minimum atomic E-state index is -0.624. The van der Waals surface area contributed by atoms with E-state index >= 15 is 0 Å². The van der Waals surface area contributed by atoms with E-state index in [1.54, 1.807) is 24.4 Å². The Hall–Kier alpha value is -4.08. The third kappa shape index (κ3) is 5.73. The number of rotatable bonds is 4. The summed E-state index contributed by atoms with van der Waals surface area (Å²) in [7, 11) is 0. The van der Waals surface area contributed by atoms with Crippen molar-refractivity contribution in [1.29, 1.82) is 0 Å².